The molecular weight excluding hydrogens is 208 g/mol. The van der Waals surface area contributed by atoms with E-state index in [1.807, 2.05) is 0 Å². The van der Waals surface area contributed by atoms with Crippen molar-refractivity contribution < 1.29 is 14.7 Å². The van der Waals surface area contributed by atoms with Crippen LogP contribution in [0.1, 0.15) is 25.7 Å². The summed E-state index contributed by atoms with van der Waals surface area (Å²) in [6.07, 6.45) is 7.70. The van der Waals surface area contributed by atoms with Crippen LogP contribution in [0.25, 0.3) is 0 Å². The molecule has 0 aromatic rings. The highest BCUT2D eigenvalue weighted by Gasteiger charge is 2.33. The van der Waals surface area contributed by atoms with Gasteiger partial charge in [0.05, 0.1) is 5.92 Å². The molecule has 0 saturated heterocycles. The molecule has 16 heavy (non-hydrogen) atoms. The molecule has 2 amide bonds. The number of urea groups is 1. The average Bonchev–Trinajstić information content (AvgIpc) is 2.66. The Bertz CT molecular complexity index is 309. The van der Waals surface area contributed by atoms with Crippen molar-refractivity contribution in [2.24, 2.45) is 5.92 Å². The number of carbonyl (C=O) groups is 2. The van der Waals surface area contributed by atoms with Gasteiger partial charge in [-0.25, -0.2) is 4.79 Å². The highest BCUT2D eigenvalue weighted by Crippen LogP contribution is 2.25. The first kappa shape index (κ1) is 12.4. The quantitative estimate of drug-likeness (QED) is 0.482. The molecule has 88 valence electrons. The molecule has 0 spiro atoms. The minimum atomic E-state index is -0.841. The van der Waals surface area contributed by atoms with Crippen molar-refractivity contribution in [2.45, 2.75) is 31.7 Å². The van der Waals surface area contributed by atoms with Crippen LogP contribution >= 0.6 is 0 Å². The number of carboxylic acids is 1. The zero-order valence-electron chi connectivity index (χ0n) is 9.03. The van der Waals surface area contributed by atoms with E-state index in [0.29, 0.717) is 19.4 Å². The molecular formula is C11H16N2O3. The predicted octanol–water partition coefficient (Wildman–Crippen LogP) is 0.562. The molecule has 1 rings (SSSR count). The smallest absolute Gasteiger partial charge is 0.315 e. The van der Waals surface area contributed by atoms with Gasteiger partial charge in [-0.1, -0.05) is 6.42 Å². The van der Waals surface area contributed by atoms with Crippen LogP contribution in [0.15, 0.2) is 0 Å². The van der Waals surface area contributed by atoms with Gasteiger partial charge in [-0.2, -0.15) is 0 Å². The number of hydrogen-bond donors (Lipinski definition) is 3. The molecule has 1 aliphatic rings. The van der Waals surface area contributed by atoms with Gasteiger partial charge in [0, 0.05) is 19.0 Å². The number of aliphatic carboxylic acids is 1. The zero-order valence-corrected chi connectivity index (χ0v) is 9.03. The van der Waals surface area contributed by atoms with Crippen molar-refractivity contribution >= 4 is 12.0 Å². The van der Waals surface area contributed by atoms with Crippen LogP contribution in [0, 0.1) is 18.3 Å². The first-order chi connectivity index (χ1) is 7.65. The number of amides is 2. The van der Waals surface area contributed by atoms with Crippen LogP contribution < -0.4 is 10.6 Å². The zero-order chi connectivity index (χ0) is 12.0. The predicted molar refractivity (Wildman–Crippen MR) is 58.7 cm³/mol. The summed E-state index contributed by atoms with van der Waals surface area (Å²) in [6.45, 7) is 0.410. The Hall–Kier alpha value is -1.70. The number of nitrogens with one attached hydrogen (secondary N) is 2. The Morgan fingerprint density at radius 1 is 1.44 bits per heavy atom. The second-order valence-electron chi connectivity index (χ2n) is 3.84. The van der Waals surface area contributed by atoms with E-state index < -0.39 is 11.9 Å². The Balaban J connectivity index is 2.33. The van der Waals surface area contributed by atoms with Gasteiger partial charge in [-0.15, -0.1) is 12.3 Å². The summed E-state index contributed by atoms with van der Waals surface area (Å²) in [4.78, 5) is 22.2. The third-order valence-electron chi connectivity index (χ3n) is 2.70. The summed E-state index contributed by atoms with van der Waals surface area (Å²) in [5.74, 6) is 1.11. The third kappa shape index (κ3) is 3.46. The molecule has 1 fully saturated rings. The van der Waals surface area contributed by atoms with Crippen molar-refractivity contribution in [3.8, 4) is 12.3 Å². The van der Waals surface area contributed by atoms with Gasteiger partial charge < -0.3 is 15.7 Å². The van der Waals surface area contributed by atoms with Crippen molar-refractivity contribution in [3.05, 3.63) is 0 Å². The van der Waals surface area contributed by atoms with E-state index in [1.165, 1.54) is 0 Å². The van der Waals surface area contributed by atoms with E-state index in [2.05, 4.69) is 16.6 Å². The van der Waals surface area contributed by atoms with E-state index in [9.17, 15) is 9.59 Å². The molecule has 5 heteroatoms. The molecule has 0 aromatic heterocycles. The van der Waals surface area contributed by atoms with E-state index in [4.69, 9.17) is 11.5 Å². The normalized spacial score (nSPS) is 23.4. The van der Waals surface area contributed by atoms with Crippen molar-refractivity contribution in [1.82, 2.24) is 10.6 Å². The maximum atomic E-state index is 11.4. The lowest BCUT2D eigenvalue weighted by Gasteiger charge is -2.17. The molecule has 1 aliphatic carbocycles. The topological polar surface area (TPSA) is 78.4 Å². The van der Waals surface area contributed by atoms with Crippen LogP contribution in [-0.4, -0.2) is 29.7 Å². The second-order valence-corrected chi connectivity index (χ2v) is 3.84. The maximum Gasteiger partial charge on any atom is 0.315 e. The van der Waals surface area contributed by atoms with E-state index in [-0.39, 0.29) is 12.1 Å². The molecule has 5 nitrogen and oxygen atoms in total. The van der Waals surface area contributed by atoms with Crippen molar-refractivity contribution in [1.29, 1.82) is 0 Å². The molecule has 0 radical (unpaired) electrons. The average molecular weight is 224 g/mol. The number of hydrogen-bond acceptors (Lipinski definition) is 2. The lowest BCUT2D eigenvalue weighted by molar-refractivity contribution is -0.142. The molecule has 0 bridgehead atoms. The Kier molecular flexibility index (Phi) is 4.65. The van der Waals surface area contributed by atoms with Gasteiger partial charge in [0.25, 0.3) is 0 Å². The van der Waals surface area contributed by atoms with Crippen molar-refractivity contribution in [3.63, 3.8) is 0 Å². The van der Waals surface area contributed by atoms with Crippen LogP contribution in [0.2, 0.25) is 0 Å². The summed E-state index contributed by atoms with van der Waals surface area (Å²) in [6, 6.07) is -0.600. The first-order valence-corrected chi connectivity index (χ1v) is 5.35. The Morgan fingerprint density at radius 3 is 2.81 bits per heavy atom. The second kappa shape index (κ2) is 6.01. The van der Waals surface area contributed by atoms with E-state index in [0.717, 1.165) is 12.8 Å². The summed E-state index contributed by atoms with van der Waals surface area (Å²) >= 11 is 0. The summed E-state index contributed by atoms with van der Waals surface area (Å²) in [7, 11) is 0. The SMILES string of the molecule is C#CCCNC(=O)NC1CCCC1C(=O)O. The summed E-state index contributed by atoms with van der Waals surface area (Å²) < 4.78 is 0. The first-order valence-electron chi connectivity index (χ1n) is 5.35. The number of terminal acetylenes is 1. The molecule has 0 heterocycles. The van der Waals surface area contributed by atoms with E-state index >= 15 is 0 Å². The molecule has 2 unspecified atom stereocenters. The van der Waals surface area contributed by atoms with Crippen LogP contribution in [0.4, 0.5) is 4.79 Å². The lowest BCUT2D eigenvalue weighted by atomic mass is 10.0. The highest BCUT2D eigenvalue weighted by atomic mass is 16.4. The minimum absolute atomic E-state index is 0.261. The van der Waals surface area contributed by atoms with Gasteiger partial charge in [0.15, 0.2) is 0 Å². The van der Waals surface area contributed by atoms with Crippen molar-refractivity contribution in [2.75, 3.05) is 6.54 Å². The van der Waals surface area contributed by atoms with Crippen LogP contribution in [-0.2, 0) is 4.79 Å². The molecule has 0 aliphatic heterocycles. The van der Waals surface area contributed by atoms with Gasteiger partial charge in [0.1, 0.15) is 0 Å². The highest BCUT2D eigenvalue weighted by molar-refractivity contribution is 5.77. The fraction of sp³-hybridized carbons (Fsp3) is 0.636. The van der Waals surface area contributed by atoms with Gasteiger partial charge in [-0.3, -0.25) is 4.79 Å². The fourth-order valence-corrected chi connectivity index (χ4v) is 1.90. The Morgan fingerprint density at radius 2 is 2.19 bits per heavy atom. The largest absolute Gasteiger partial charge is 0.481 e. The summed E-state index contributed by atoms with van der Waals surface area (Å²) in [5.41, 5.74) is 0. The standard InChI is InChI=1S/C11H16N2O3/c1-2-3-7-12-11(16)13-9-6-4-5-8(9)10(14)15/h1,8-9H,3-7H2,(H,14,15)(H2,12,13,16). The van der Waals surface area contributed by atoms with E-state index in [1.54, 1.807) is 0 Å². The monoisotopic (exact) mass is 224 g/mol. The number of rotatable bonds is 4. The third-order valence-corrected chi connectivity index (χ3v) is 2.70. The molecule has 1 saturated carbocycles. The van der Waals surface area contributed by atoms with Gasteiger partial charge in [0.2, 0.25) is 0 Å². The summed E-state index contributed by atoms with van der Waals surface area (Å²) in [5, 5.41) is 14.2. The molecule has 3 N–H and O–H groups in total. The maximum absolute atomic E-state index is 11.4. The van der Waals surface area contributed by atoms with Gasteiger partial charge in [-0.05, 0) is 12.8 Å². The number of carboxylic acid groups (broad SMARTS) is 1. The van der Waals surface area contributed by atoms with Crippen LogP contribution in [0.5, 0.6) is 0 Å². The van der Waals surface area contributed by atoms with Gasteiger partial charge >= 0.3 is 12.0 Å². The fourth-order valence-electron chi connectivity index (χ4n) is 1.90. The van der Waals surface area contributed by atoms with Crippen LogP contribution in [0.3, 0.4) is 0 Å². The lowest BCUT2D eigenvalue weighted by Crippen LogP contribution is -2.45. The molecule has 2 atom stereocenters. The molecule has 0 aromatic carbocycles. The minimum Gasteiger partial charge on any atom is -0.481 e. The Labute approximate surface area is 94.6 Å². The number of carbonyl (C=O) groups excluding carboxylic acids is 1.